The lowest BCUT2D eigenvalue weighted by Crippen LogP contribution is -2.59. The largest absolute Gasteiger partial charge is 0.308 e. The summed E-state index contributed by atoms with van der Waals surface area (Å²) < 4.78 is 1.11. The van der Waals surface area contributed by atoms with Gasteiger partial charge in [-0.1, -0.05) is 48.5 Å². The van der Waals surface area contributed by atoms with Gasteiger partial charge in [-0.25, -0.2) is 0 Å². The molecule has 0 aromatic heterocycles. The van der Waals surface area contributed by atoms with Crippen molar-refractivity contribution in [1.29, 1.82) is 0 Å². The van der Waals surface area contributed by atoms with E-state index < -0.39 is 0 Å². The fraction of sp³-hybridized carbons (Fsp3) is 0.368. The zero-order valence-corrected chi connectivity index (χ0v) is 12.6. The smallest absolute Gasteiger partial charge is 0.149 e. The van der Waals surface area contributed by atoms with E-state index in [9.17, 15) is 0 Å². The first-order chi connectivity index (χ1) is 9.63. The minimum absolute atomic E-state index is 0.102. The second-order valence-electron chi connectivity index (χ2n) is 6.62. The highest BCUT2D eigenvalue weighted by molar-refractivity contribution is 5.51. The molecule has 0 saturated carbocycles. The molecule has 0 fully saturated rings. The average Bonchev–Trinajstić information content (AvgIpc) is 2.61. The summed E-state index contributed by atoms with van der Waals surface area (Å²) in [5.41, 5.74) is 6.28. The Morgan fingerprint density at radius 3 is 2.45 bits per heavy atom. The third-order valence-corrected chi connectivity index (χ3v) is 6.17. The third kappa shape index (κ3) is 1.14. The Balaban J connectivity index is 2.11. The molecule has 102 valence electrons. The van der Waals surface area contributed by atoms with E-state index in [1.54, 1.807) is 16.7 Å². The monoisotopic (exact) mass is 264 g/mol. The Labute approximate surface area is 121 Å². The van der Waals surface area contributed by atoms with Gasteiger partial charge in [-0.15, -0.1) is 0 Å². The summed E-state index contributed by atoms with van der Waals surface area (Å²) in [6.45, 7) is 5.96. The molecule has 2 aliphatic rings. The van der Waals surface area contributed by atoms with Crippen LogP contribution in [0, 0.1) is 0 Å². The van der Waals surface area contributed by atoms with Crippen molar-refractivity contribution in [2.24, 2.45) is 0 Å². The first kappa shape index (κ1) is 12.2. The summed E-state index contributed by atoms with van der Waals surface area (Å²) >= 11 is 0. The summed E-state index contributed by atoms with van der Waals surface area (Å²) in [6, 6.07) is 18.8. The SMILES string of the molecule is CC[N@+]1(C)[C@H]2Cc3ccccc3[C@]1(C)c1ccccc12. The Hall–Kier alpha value is -1.60. The van der Waals surface area contributed by atoms with Gasteiger partial charge in [0.1, 0.15) is 11.6 Å². The van der Waals surface area contributed by atoms with E-state index in [-0.39, 0.29) is 5.54 Å². The molecule has 0 radical (unpaired) electrons. The van der Waals surface area contributed by atoms with E-state index in [0.717, 1.165) is 4.48 Å². The minimum Gasteiger partial charge on any atom is -0.308 e. The van der Waals surface area contributed by atoms with Crippen LogP contribution in [0.25, 0.3) is 0 Å². The molecule has 0 saturated heterocycles. The van der Waals surface area contributed by atoms with Gasteiger partial charge >= 0.3 is 0 Å². The van der Waals surface area contributed by atoms with Crippen molar-refractivity contribution in [2.75, 3.05) is 13.6 Å². The van der Waals surface area contributed by atoms with Gasteiger partial charge in [0.25, 0.3) is 0 Å². The molecule has 0 unspecified atom stereocenters. The second kappa shape index (κ2) is 3.73. The van der Waals surface area contributed by atoms with Crippen LogP contribution in [0.4, 0.5) is 0 Å². The molecule has 1 nitrogen and oxygen atoms in total. The zero-order chi connectivity index (χ0) is 14.0. The van der Waals surface area contributed by atoms with Crippen molar-refractivity contribution >= 4 is 0 Å². The maximum absolute atomic E-state index is 2.45. The van der Waals surface area contributed by atoms with Crippen LogP contribution in [0.1, 0.15) is 42.1 Å². The van der Waals surface area contributed by atoms with Crippen molar-refractivity contribution in [3.8, 4) is 0 Å². The van der Waals surface area contributed by atoms with Crippen LogP contribution < -0.4 is 0 Å². The number of quaternary nitrogens is 1. The van der Waals surface area contributed by atoms with Crippen molar-refractivity contribution in [3.05, 3.63) is 70.8 Å². The van der Waals surface area contributed by atoms with E-state index >= 15 is 0 Å². The van der Waals surface area contributed by atoms with Crippen LogP contribution in [0.2, 0.25) is 0 Å². The third-order valence-electron chi connectivity index (χ3n) is 6.17. The molecule has 0 N–H and O–H groups in total. The lowest BCUT2D eigenvalue weighted by Gasteiger charge is -2.51. The summed E-state index contributed by atoms with van der Waals surface area (Å²) in [5, 5.41) is 0. The number of benzene rings is 2. The Bertz CT molecular complexity index is 677. The van der Waals surface area contributed by atoms with Crippen molar-refractivity contribution < 1.29 is 4.48 Å². The summed E-state index contributed by atoms with van der Waals surface area (Å²) in [5.74, 6) is 0. The lowest BCUT2D eigenvalue weighted by molar-refractivity contribution is -0.980. The first-order valence-corrected chi connectivity index (χ1v) is 7.66. The molecule has 0 aliphatic carbocycles. The highest BCUT2D eigenvalue weighted by atomic mass is 15.4. The van der Waals surface area contributed by atoms with Crippen LogP contribution in [0.15, 0.2) is 48.5 Å². The first-order valence-electron chi connectivity index (χ1n) is 7.66. The topological polar surface area (TPSA) is 0 Å². The van der Waals surface area contributed by atoms with E-state index in [2.05, 4.69) is 69.4 Å². The quantitative estimate of drug-likeness (QED) is 0.682. The number of fused-ring (bicyclic) bond motifs is 7. The number of nitrogens with zero attached hydrogens (tertiary/aromatic N) is 1. The molecule has 1 heteroatoms. The maximum Gasteiger partial charge on any atom is 0.149 e. The van der Waals surface area contributed by atoms with E-state index in [1.165, 1.54) is 18.5 Å². The molecular weight excluding hydrogens is 242 g/mol. The number of hydrogen-bond donors (Lipinski definition) is 0. The average molecular weight is 264 g/mol. The van der Waals surface area contributed by atoms with Crippen molar-refractivity contribution in [1.82, 2.24) is 0 Å². The van der Waals surface area contributed by atoms with E-state index in [0.29, 0.717) is 6.04 Å². The molecule has 4 rings (SSSR count). The highest BCUT2D eigenvalue weighted by Crippen LogP contribution is 2.59. The van der Waals surface area contributed by atoms with Crippen molar-refractivity contribution in [3.63, 3.8) is 0 Å². The Morgan fingerprint density at radius 2 is 1.70 bits per heavy atom. The van der Waals surface area contributed by atoms with Crippen LogP contribution >= 0.6 is 0 Å². The van der Waals surface area contributed by atoms with Gasteiger partial charge in [-0.3, -0.25) is 0 Å². The molecule has 2 aromatic rings. The fourth-order valence-electron chi connectivity index (χ4n) is 4.77. The van der Waals surface area contributed by atoms with Crippen LogP contribution in [0.5, 0.6) is 0 Å². The molecule has 2 bridgehead atoms. The van der Waals surface area contributed by atoms with Gasteiger partial charge in [-0.2, -0.15) is 0 Å². The number of likely N-dealkylation sites (N-methyl/N-ethyl adjacent to an activating group) is 1. The minimum atomic E-state index is 0.102. The number of rotatable bonds is 1. The fourth-order valence-corrected chi connectivity index (χ4v) is 4.77. The van der Waals surface area contributed by atoms with Crippen LogP contribution in [-0.2, 0) is 12.0 Å². The zero-order valence-electron chi connectivity index (χ0n) is 12.6. The predicted octanol–water partition coefficient (Wildman–Crippen LogP) is 4.03. The predicted molar refractivity (Wildman–Crippen MR) is 82.5 cm³/mol. The molecule has 20 heavy (non-hydrogen) atoms. The van der Waals surface area contributed by atoms with Gasteiger partial charge in [-0.05, 0) is 19.4 Å². The Kier molecular flexibility index (Phi) is 2.27. The standard InChI is InChI=1S/C19H22N/c1-4-20(3)18-13-14-9-5-7-11-16(14)19(20,2)17-12-8-6-10-15(17)18/h5-12,18H,4,13H2,1-3H3/q+1/t18-,19+,20+/m0/s1. The lowest BCUT2D eigenvalue weighted by atomic mass is 9.79. The van der Waals surface area contributed by atoms with E-state index in [4.69, 9.17) is 0 Å². The summed E-state index contributed by atoms with van der Waals surface area (Å²) in [7, 11) is 2.45. The van der Waals surface area contributed by atoms with Crippen LogP contribution in [-0.4, -0.2) is 18.1 Å². The molecule has 0 spiro atoms. The van der Waals surface area contributed by atoms with Gasteiger partial charge in [0.05, 0.1) is 13.6 Å². The molecule has 2 aliphatic heterocycles. The molecule has 0 amide bonds. The highest BCUT2D eigenvalue weighted by Gasteiger charge is 2.61. The van der Waals surface area contributed by atoms with E-state index in [1.807, 2.05) is 0 Å². The summed E-state index contributed by atoms with van der Waals surface area (Å²) in [4.78, 5) is 0. The summed E-state index contributed by atoms with van der Waals surface area (Å²) in [6.07, 6.45) is 1.17. The normalized spacial score (nSPS) is 33.6. The van der Waals surface area contributed by atoms with Crippen LogP contribution in [0.3, 0.4) is 0 Å². The molecule has 2 aromatic carbocycles. The van der Waals surface area contributed by atoms with Gasteiger partial charge in [0.15, 0.2) is 0 Å². The molecule has 3 atom stereocenters. The Morgan fingerprint density at radius 1 is 1.05 bits per heavy atom. The second-order valence-corrected chi connectivity index (χ2v) is 6.62. The number of hydrogen-bond acceptors (Lipinski definition) is 0. The van der Waals surface area contributed by atoms with Gasteiger partial charge < -0.3 is 4.48 Å². The molecule has 2 heterocycles. The maximum atomic E-state index is 2.45. The van der Waals surface area contributed by atoms with Crippen molar-refractivity contribution in [2.45, 2.75) is 31.8 Å². The molecular formula is C19H22N+. The van der Waals surface area contributed by atoms with Gasteiger partial charge in [0.2, 0.25) is 0 Å². The van der Waals surface area contributed by atoms with Gasteiger partial charge in [0, 0.05) is 23.1 Å².